The number of aryl methyl sites for hydroxylation is 1. The van der Waals surface area contributed by atoms with Crippen molar-refractivity contribution in [1.29, 1.82) is 0 Å². The highest BCUT2D eigenvalue weighted by atomic mass is 19.4. The molecule has 2 N–H and O–H groups in total. The molecule has 112 valence electrons. The third-order valence-electron chi connectivity index (χ3n) is 4.33. The molecule has 4 heteroatoms. The Morgan fingerprint density at radius 1 is 1.20 bits per heavy atom. The van der Waals surface area contributed by atoms with Crippen molar-refractivity contribution in [2.24, 2.45) is 11.7 Å². The minimum Gasteiger partial charge on any atom is -0.325 e. The summed E-state index contributed by atoms with van der Waals surface area (Å²) in [5, 5.41) is 0. The van der Waals surface area contributed by atoms with Crippen molar-refractivity contribution in [3.8, 4) is 0 Å². The van der Waals surface area contributed by atoms with Crippen LogP contribution in [-0.2, 0) is 12.8 Å². The van der Waals surface area contributed by atoms with Crippen LogP contribution < -0.4 is 5.73 Å². The second-order valence-electron chi connectivity index (χ2n) is 6.04. The van der Waals surface area contributed by atoms with Crippen LogP contribution in [0.15, 0.2) is 24.3 Å². The lowest BCUT2D eigenvalue weighted by Gasteiger charge is -2.39. The Hall–Kier alpha value is -1.03. The molecule has 0 aromatic heterocycles. The number of alkyl halides is 3. The van der Waals surface area contributed by atoms with Crippen LogP contribution in [0.3, 0.4) is 0 Å². The van der Waals surface area contributed by atoms with Gasteiger partial charge < -0.3 is 5.73 Å². The average Bonchev–Trinajstić information content (AvgIpc) is 2.38. The Morgan fingerprint density at radius 3 is 2.35 bits per heavy atom. The first-order valence-corrected chi connectivity index (χ1v) is 7.26. The molecule has 1 aliphatic rings. The van der Waals surface area contributed by atoms with Gasteiger partial charge in [-0.15, -0.1) is 0 Å². The lowest BCUT2D eigenvalue weighted by atomic mass is 9.73. The number of hydrogen-bond acceptors (Lipinski definition) is 1. The van der Waals surface area contributed by atoms with Gasteiger partial charge >= 0.3 is 6.18 Å². The van der Waals surface area contributed by atoms with Crippen molar-refractivity contribution in [3.63, 3.8) is 0 Å². The third kappa shape index (κ3) is 3.75. The summed E-state index contributed by atoms with van der Waals surface area (Å²) in [7, 11) is 0. The number of rotatable bonds is 3. The van der Waals surface area contributed by atoms with Gasteiger partial charge in [-0.25, -0.2) is 0 Å². The smallest absolute Gasteiger partial charge is 0.325 e. The van der Waals surface area contributed by atoms with Gasteiger partial charge in [0.1, 0.15) is 0 Å². The van der Waals surface area contributed by atoms with Crippen LogP contribution in [0.1, 0.15) is 43.7 Å². The molecule has 0 radical (unpaired) electrons. The molecule has 0 spiro atoms. The molecule has 2 rings (SSSR count). The summed E-state index contributed by atoms with van der Waals surface area (Å²) < 4.78 is 38.6. The van der Waals surface area contributed by atoms with Gasteiger partial charge in [-0.3, -0.25) is 0 Å². The van der Waals surface area contributed by atoms with Gasteiger partial charge in [0.15, 0.2) is 0 Å². The van der Waals surface area contributed by atoms with Crippen molar-refractivity contribution in [1.82, 2.24) is 0 Å². The maximum atomic E-state index is 12.9. The molecular weight excluding hydrogens is 263 g/mol. The Morgan fingerprint density at radius 2 is 1.80 bits per heavy atom. The van der Waals surface area contributed by atoms with Crippen LogP contribution in [0, 0.1) is 5.92 Å². The van der Waals surface area contributed by atoms with Crippen LogP contribution in [0.2, 0.25) is 0 Å². The normalized spacial score (nSPS) is 27.6. The summed E-state index contributed by atoms with van der Waals surface area (Å²) in [6, 6.07) is 8.04. The predicted molar refractivity (Wildman–Crippen MR) is 74.5 cm³/mol. The van der Waals surface area contributed by atoms with Crippen LogP contribution in [-0.4, -0.2) is 11.7 Å². The molecule has 0 aliphatic heterocycles. The highest BCUT2D eigenvalue weighted by Gasteiger charge is 2.46. The fourth-order valence-corrected chi connectivity index (χ4v) is 3.13. The van der Waals surface area contributed by atoms with E-state index in [1.807, 2.05) is 24.3 Å². The van der Waals surface area contributed by atoms with E-state index >= 15 is 0 Å². The molecule has 1 aromatic carbocycles. The number of benzene rings is 1. The Kier molecular flexibility index (Phi) is 4.43. The highest BCUT2D eigenvalue weighted by molar-refractivity contribution is 5.24. The van der Waals surface area contributed by atoms with Crippen LogP contribution >= 0.6 is 0 Å². The molecule has 0 amide bonds. The topological polar surface area (TPSA) is 26.0 Å². The molecule has 0 heterocycles. The van der Waals surface area contributed by atoms with E-state index in [1.54, 1.807) is 0 Å². The first-order valence-electron chi connectivity index (χ1n) is 7.26. The van der Waals surface area contributed by atoms with Gasteiger partial charge in [-0.05, 0) is 43.2 Å². The van der Waals surface area contributed by atoms with E-state index in [-0.39, 0.29) is 12.8 Å². The number of hydrogen-bond donors (Lipinski definition) is 1. The number of nitrogens with two attached hydrogens (primary N) is 1. The summed E-state index contributed by atoms with van der Waals surface area (Å²) in [5.74, 6) is -1.24. The van der Waals surface area contributed by atoms with Crippen molar-refractivity contribution >= 4 is 0 Å². The van der Waals surface area contributed by atoms with E-state index in [0.29, 0.717) is 19.3 Å². The van der Waals surface area contributed by atoms with Gasteiger partial charge in [0.2, 0.25) is 0 Å². The van der Waals surface area contributed by atoms with Crippen LogP contribution in [0.25, 0.3) is 0 Å². The number of halogens is 3. The SMILES string of the molecule is CCc1ccc(CC2(N)CCCC(C(F)(F)F)C2)cc1. The zero-order valence-electron chi connectivity index (χ0n) is 11.8. The van der Waals surface area contributed by atoms with E-state index in [0.717, 1.165) is 12.0 Å². The maximum Gasteiger partial charge on any atom is 0.391 e. The summed E-state index contributed by atoms with van der Waals surface area (Å²) in [6.45, 7) is 2.08. The van der Waals surface area contributed by atoms with Crippen LogP contribution in [0.4, 0.5) is 13.2 Å². The summed E-state index contributed by atoms with van der Waals surface area (Å²) in [5.41, 5.74) is 7.80. The Labute approximate surface area is 118 Å². The summed E-state index contributed by atoms with van der Waals surface area (Å²) in [6.07, 6.45) is -1.11. The quantitative estimate of drug-likeness (QED) is 0.883. The van der Waals surface area contributed by atoms with Crippen molar-refractivity contribution in [3.05, 3.63) is 35.4 Å². The zero-order valence-corrected chi connectivity index (χ0v) is 11.8. The van der Waals surface area contributed by atoms with E-state index < -0.39 is 17.6 Å². The fourth-order valence-electron chi connectivity index (χ4n) is 3.13. The second kappa shape index (κ2) is 5.76. The van der Waals surface area contributed by atoms with Gasteiger partial charge in [0.25, 0.3) is 0 Å². The standard InChI is InChI=1S/C16H22F3N/c1-2-12-5-7-13(8-6-12)10-15(20)9-3-4-14(11-15)16(17,18)19/h5-8,14H,2-4,9-11,20H2,1H3. The Bertz CT molecular complexity index is 438. The maximum absolute atomic E-state index is 12.9. The van der Waals surface area contributed by atoms with E-state index in [1.165, 1.54) is 5.56 Å². The van der Waals surface area contributed by atoms with E-state index in [9.17, 15) is 13.2 Å². The molecule has 1 fully saturated rings. The van der Waals surface area contributed by atoms with Crippen molar-refractivity contribution in [2.45, 2.75) is 57.2 Å². The molecule has 20 heavy (non-hydrogen) atoms. The van der Waals surface area contributed by atoms with Crippen molar-refractivity contribution < 1.29 is 13.2 Å². The van der Waals surface area contributed by atoms with Gasteiger partial charge in [-0.1, -0.05) is 37.6 Å². The molecule has 2 atom stereocenters. The third-order valence-corrected chi connectivity index (χ3v) is 4.33. The highest BCUT2D eigenvalue weighted by Crippen LogP contribution is 2.41. The largest absolute Gasteiger partial charge is 0.391 e. The van der Waals surface area contributed by atoms with Gasteiger partial charge in [0.05, 0.1) is 5.92 Å². The first-order chi connectivity index (χ1) is 9.32. The lowest BCUT2D eigenvalue weighted by molar-refractivity contribution is -0.187. The molecule has 1 nitrogen and oxygen atoms in total. The first kappa shape index (κ1) is 15.4. The molecule has 2 unspecified atom stereocenters. The van der Waals surface area contributed by atoms with E-state index in [4.69, 9.17) is 5.73 Å². The molecule has 0 saturated heterocycles. The predicted octanol–water partition coefficient (Wildman–Crippen LogP) is 4.24. The van der Waals surface area contributed by atoms with Gasteiger partial charge in [0, 0.05) is 5.54 Å². The zero-order chi connectivity index (χ0) is 14.8. The minimum absolute atomic E-state index is 0.0476. The Balaban J connectivity index is 2.06. The molecule has 1 saturated carbocycles. The molecular formula is C16H22F3N. The lowest BCUT2D eigenvalue weighted by Crippen LogP contribution is -2.48. The monoisotopic (exact) mass is 285 g/mol. The molecule has 1 aromatic rings. The average molecular weight is 285 g/mol. The summed E-state index contributed by atoms with van der Waals surface area (Å²) >= 11 is 0. The van der Waals surface area contributed by atoms with Crippen molar-refractivity contribution in [2.75, 3.05) is 0 Å². The van der Waals surface area contributed by atoms with Crippen LogP contribution in [0.5, 0.6) is 0 Å². The minimum atomic E-state index is -4.11. The van der Waals surface area contributed by atoms with Gasteiger partial charge in [-0.2, -0.15) is 13.2 Å². The fraction of sp³-hybridized carbons (Fsp3) is 0.625. The second-order valence-corrected chi connectivity index (χ2v) is 6.04. The van der Waals surface area contributed by atoms with E-state index in [2.05, 4.69) is 6.92 Å². The molecule has 0 bridgehead atoms. The summed E-state index contributed by atoms with van der Waals surface area (Å²) in [4.78, 5) is 0. The molecule has 1 aliphatic carbocycles.